The van der Waals surface area contributed by atoms with E-state index >= 15 is 0 Å². The minimum absolute atomic E-state index is 0.0462. The molecule has 1 rings (SSSR count). The van der Waals surface area contributed by atoms with Crippen LogP contribution in [0.15, 0.2) is 16.6 Å². The molecule has 0 fully saturated rings. The highest BCUT2D eigenvalue weighted by molar-refractivity contribution is 9.10. The van der Waals surface area contributed by atoms with Gasteiger partial charge in [0, 0.05) is 12.1 Å². The number of alkyl halides is 3. The molecule has 0 aliphatic rings. The van der Waals surface area contributed by atoms with Gasteiger partial charge in [-0.15, -0.1) is 0 Å². The fourth-order valence-electron chi connectivity index (χ4n) is 1.19. The zero-order valence-electron chi connectivity index (χ0n) is 7.71. The Kier molecular flexibility index (Phi) is 3.54. The molecule has 0 bridgehead atoms. The van der Waals surface area contributed by atoms with Crippen LogP contribution in [-0.4, -0.2) is 4.92 Å². The summed E-state index contributed by atoms with van der Waals surface area (Å²) >= 11 is 2.59. The highest BCUT2D eigenvalue weighted by atomic mass is 79.9. The first-order valence-electron chi connectivity index (χ1n) is 4.02. The van der Waals surface area contributed by atoms with Crippen LogP contribution >= 0.6 is 15.9 Å². The third-order valence-corrected chi connectivity index (χ3v) is 2.71. The molecule has 4 nitrogen and oxygen atoms in total. The summed E-state index contributed by atoms with van der Waals surface area (Å²) in [7, 11) is 0. The van der Waals surface area contributed by atoms with Crippen molar-refractivity contribution >= 4 is 21.6 Å². The molecule has 0 saturated carbocycles. The van der Waals surface area contributed by atoms with Gasteiger partial charge in [0.2, 0.25) is 0 Å². The van der Waals surface area contributed by atoms with Crippen LogP contribution in [0.3, 0.4) is 0 Å². The molecule has 0 heterocycles. The molecule has 0 aromatic heterocycles. The summed E-state index contributed by atoms with van der Waals surface area (Å²) < 4.78 is 36.7. The molecule has 1 aromatic rings. The number of hydrogen-bond donors (Lipinski definition) is 1. The number of rotatable bonds is 2. The molecule has 8 heteroatoms. The van der Waals surface area contributed by atoms with E-state index in [1.54, 1.807) is 0 Å². The number of nitrogens with zero attached hydrogens (tertiary/aromatic N) is 1. The zero-order valence-corrected chi connectivity index (χ0v) is 9.30. The lowest BCUT2D eigenvalue weighted by Crippen LogP contribution is -2.10. The van der Waals surface area contributed by atoms with Crippen molar-refractivity contribution in [2.45, 2.75) is 12.7 Å². The van der Waals surface area contributed by atoms with Gasteiger partial charge in [0.05, 0.1) is 10.5 Å². The number of benzene rings is 1. The Morgan fingerprint density at radius 1 is 1.44 bits per heavy atom. The smallest absolute Gasteiger partial charge is 0.326 e. The first-order chi connectivity index (χ1) is 7.29. The van der Waals surface area contributed by atoms with Gasteiger partial charge in [-0.05, 0) is 22.0 Å². The second-order valence-electron chi connectivity index (χ2n) is 2.89. The van der Waals surface area contributed by atoms with Gasteiger partial charge in [-0.3, -0.25) is 10.1 Å². The van der Waals surface area contributed by atoms with Crippen LogP contribution in [0.5, 0.6) is 0 Å². The van der Waals surface area contributed by atoms with Crippen molar-refractivity contribution in [1.82, 2.24) is 0 Å². The van der Waals surface area contributed by atoms with Crippen LogP contribution in [0.1, 0.15) is 11.1 Å². The fourth-order valence-corrected chi connectivity index (χ4v) is 1.94. The molecule has 16 heavy (non-hydrogen) atoms. The average molecular weight is 299 g/mol. The molecular formula is C8H6BrF3N2O2. The highest BCUT2D eigenvalue weighted by Crippen LogP contribution is 2.40. The summed E-state index contributed by atoms with van der Waals surface area (Å²) in [5, 5.41) is 10.6. The van der Waals surface area contributed by atoms with Gasteiger partial charge >= 0.3 is 6.18 Å². The van der Waals surface area contributed by atoms with E-state index in [2.05, 4.69) is 15.9 Å². The minimum atomic E-state index is -4.64. The number of nitrogens with two attached hydrogens (primary N) is 1. The lowest BCUT2D eigenvalue weighted by molar-refractivity contribution is -0.386. The van der Waals surface area contributed by atoms with E-state index in [0.717, 1.165) is 12.1 Å². The van der Waals surface area contributed by atoms with E-state index in [1.165, 1.54) is 0 Å². The third-order valence-electron chi connectivity index (χ3n) is 1.91. The second-order valence-corrected chi connectivity index (χ2v) is 3.69. The minimum Gasteiger partial charge on any atom is -0.326 e. The van der Waals surface area contributed by atoms with Gasteiger partial charge in [-0.2, -0.15) is 13.2 Å². The molecule has 0 amide bonds. The van der Waals surface area contributed by atoms with Crippen molar-refractivity contribution in [3.05, 3.63) is 37.8 Å². The maximum absolute atomic E-state index is 12.4. The topological polar surface area (TPSA) is 69.2 Å². The van der Waals surface area contributed by atoms with Gasteiger partial charge in [-0.1, -0.05) is 6.07 Å². The Morgan fingerprint density at radius 2 is 2.00 bits per heavy atom. The zero-order chi connectivity index (χ0) is 12.5. The maximum Gasteiger partial charge on any atom is 0.417 e. The molecule has 0 spiro atoms. The standard InChI is InChI=1S/C8H6BrF3N2O2/c9-6-5(8(10,11)12)2-1-4(3-13)7(6)14(15)16/h1-2H,3,13H2. The molecule has 0 radical (unpaired) electrons. The highest BCUT2D eigenvalue weighted by Gasteiger charge is 2.36. The van der Waals surface area contributed by atoms with Gasteiger partial charge in [0.25, 0.3) is 5.69 Å². The van der Waals surface area contributed by atoms with Crippen molar-refractivity contribution < 1.29 is 18.1 Å². The Labute approximate surface area is 96.5 Å². The molecule has 0 saturated heterocycles. The SMILES string of the molecule is NCc1ccc(C(F)(F)F)c(Br)c1[N+](=O)[O-]. The molecule has 0 aliphatic carbocycles. The van der Waals surface area contributed by atoms with Crippen LogP contribution in [0, 0.1) is 10.1 Å². The first kappa shape index (κ1) is 12.9. The average Bonchev–Trinajstić information content (AvgIpc) is 2.14. The summed E-state index contributed by atoms with van der Waals surface area (Å²) in [6.45, 7) is -0.201. The van der Waals surface area contributed by atoms with Gasteiger partial charge in [0.1, 0.15) is 4.47 Å². The van der Waals surface area contributed by atoms with E-state index < -0.39 is 26.8 Å². The predicted molar refractivity (Wildman–Crippen MR) is 53.7 cm³/mol. The monoisotopic (exact) mass is 298 g/mol. The molecular weight excluding hydrogens is 293 g/mol. The van der Waals surface area contributed by atoms with Crippen LogP contribution in [0.4, 0.5) is 18.9 Å². The van der Waals surface area contributed by atoms with Crippen LogP contribution in [0.2, 0.25) is 0 Å². The number of hydrogen-bond acceptors (Lipinski definition) is 3. The molecule has 0 atom stereocenters. The predicted octanol–water partition coefficient (Wildman–Crippen LogP) is 2.83. The van der Waals surface area contributed by atoms with Crippen LogP contribution in [-0.2, 0) is 12.7 Å². The third kappa shape index (κ3) is 2.33. The Morgan fingerprint density at radius 3 is 2.38 bits per heavy atom. The lowest BCUT2D eigenvalue weighted by atomic mass is 10.1. The number of nitro groups is 1. The molecule has 1 aromatic carbocycles. The largest absolute Gasteiger partial charge is 0.417 e. The van der Waals surface area contributed by atoms with Crippen LogP contribution in [0.25, 0.3) is 0 Å². The normalized spacial score (nSPS) is 11.6. The van der Waals surface area contributed by atoms with Crippen molar-refractivity contribution in [2.24, 2.45) is 5.73 Å². The quantitative estimate of drug-likeness (QED) is 0.674. The summed E-state index contributed by atoms with van der Waals surface area (Å²) in [6, 6.07) is 1.77. The number of nitro benzene ring substituents is 1. The second kappa shape index (κ2) is 4.38. The Hall–Kier alpha value is -1.15. The first-order valence-corrected chi connectivity index (χ1v) is 4.81. The van der Waals surface area contributed by atoms with Crippen molar-refractivity contribution in [1.29, 1.82) is 0 Å². The van der Waals surface area contributed by atoms with Gasteiger partial charge in [-0.25, -0.2) is 0 Å². The van der Waals surface area contributed by atoms with Gasteiger partial charge in [0.15, 0.2) is 0 Å². The van der Waals surface area contributed by atoms with Crippen molar-refractivity contribution in [3.63, 3.8) is 0 Å². The summed E-state index contributed by atoms with van der Waals surface area (Å²) in [5.41, 5.74) is 3.53. The van der Waals surface area contributed by atoms with E-state index in [-0.39, 0.29) is 12.1 Å². The van der Waals surface area contributed by atoms with E-state index in [1.807, 2.05) is 0 Å². The van der Waals surface area contributed by atoms with Gasteiger partial charge < -0.3 is 5.73 Å². The molecule has 0 aliphatic heterocycles. The van der Waals surface area contributed by atoms with Crippen LogP contribution < -0.4 is 5.73 Å². The van der Waals surface area contributed by atoms with E-state index in [4.69, 9.17) is 5.73 Å². The molecule has 2 N–H and O–H groups in total. The Balaban J connectivity index is 3.50. The number of halogens is 4. The summed E-state index contributed by atoms with van der Waals surface area (Å²) in [4.78, 5) is 9.75. The fraction of sp³-hybridized carbons (Fsp3) is 0.250. The molecule has 0 unspecified atom stereocenters. The maximum atomic E-state index is 12.4. The van der Waals surface area contributed by atoms with Crippen molar-refractivity contribution in [2.75, 3.05) is 0 Å². The van der Waals surface area contributed by atoms with Crippen molar-refractivity contribution in [3.8, 4) is 0 Å². The molecule has 88 valence electrons. The Bertz CT molecular complexity index is 434. The summed E-state index contributed by atoms with van der Waals surface area (Å²) in [5.74, 6) is 0. The van der Waals surface area contributed by atoms with E-state index in [0.29, 0.717) is 0 Å². The lowest BCUT2D eigenvalue weighted by Gasteiger charge is -2.10. The summed E-state index contributed by atoms with van der Waals surface area (Å²) in [6.07, 6.45) is -4.64. The van der Waals surface area contributed by atoms with E-state index in [9.17, 15) is 23.3 Å².